The van der Waals surface area contributed by atoms with Gasteiger partial charge in [-0.05, 0) is 83.9 Å². The molecule has 1 aromatic heterocycles. The summed E-state index contributed by atoms with van der Waals surface area (Å²) in [4.78, 5) is 51.2. The molecule has 202 valence electrons. The van der Waals surface area contributed by atoms with Crippen LogP contribution in [-0.2, 0) is 27.2 Å². The number of benzene rings is 2. The number of hydrogen-bond donors (Lipinski definition) is 2. The first-order valence-electron chi connectivity index (χ1n) is 12.4. The Morgan fingerprint density at radius 1 is 1.00 bits per heavy atom. The van der Waals surface area contributed by atoms with Gasteiger partial charge in [-0.1, -0.05) is 30.7 Å². The van der Waals surface area contributed by atoms with E-state index in [1.807, 2.05) is 0 Å². The molecular weight excluding hydrogens is 586 g/mol. The highest BCUT2D eigenvalue weighted by molar-refractivity contribution is 9.10. The zero-order valence-corrected chi connectivity index (χ0v) is 23.5. The fourth-order valence-corrected chi connectivity index (χ4v) is 5.79. The number of halogens is 1. The lowest BCUT2D eigenvalue weighted by atomic mass is 10.1. The summed E-state index contributed by atoms with van der Waals surface area (Å²) in [6.45, 7) is 1.92. The lowest BCUT2D eigenvalue weighted by Crippen LogP contribution is -2.32. The van der Waals surface area contributed by atoms with Crippen LogP contribution in [-0.4, -0.2) is 36.6 Å². The van der Waals surface area contributed by atoms with Gasteiger partial charge in [0.1, 0.15) is 10.8 Å². The van der Waals surface area contributed by atoms with Gasteiger partial charge in [0.15, 0.2) is 0 Å². The molecule has 1 aliphatic carbocycles. The highest BCUT2D eigenvalue weighted by atomic mass is 79.9. The summed E-state index contributed by atoms with van der Waals surface area (Å²) in [5.41, 5.74) is 4.31. The zero-order chi connectivity index (χ0) is 27.8. The summed E-state index contributed by atoms with van der Waals surface area (Å²) in [6, 6.07) is 13.4. The highest BCUT2D eigenvalue weighted by Crippen LogP contribution is 2.38. The summed E-state index contributed by atoms with van der Waals surface area (Å²) in [5, 5.41) is 6.71. The van der Waals surface area contributed by atoms with E-state index in [-0.39, 0.29) is 12.4 Å². The molecule has 11 heteroatoms. The summed E-state index contributed by atoms with van der Waals surface area (Å²) in [6.07, 6.45) is 5.88. The Morgan fingerprint density at radius 3 is 2.59 bits per heavy atom. The van der Waals surface area contributed by atoms with Crippen molar-refractivity contribution < 1.29 is 28.7 Å². The Labute approximate surface area is 237 Å². The number of amides is 2. The molecule has 0 unspecified atom stereocenters. The van der Waals surface area contributed by atoms with Crippen molar-refractivity contribution in [2.24, 2.45) is 5.10 Å². The maximum absolute atomic E-state index is 12.7. The van der Waals surface area contributed by atoms with Crippen LogP contribution in [0.5, 0.6) is 5.75 Å². The molecular formula is C28H26BrN3O6S. The van der Waals surface area contributed by atoms with E-state index >= 15 is 0 Å². The monoisotopic (exact) mass is 611 g/mol. The molecule has 9 nitrogen and oxygen atoms in total. The van der Waals surface area contributed by atoms with E-state index in [1.54, 1.807) is 55.5 Å². The van der Waals surface area contributed by atoms with Gasteiger partial charge in [0.25, 0.3) is 0 Å². The molecule has 0 bridgehead atoms. The molecule has 0 atom stereocenters. The Morgan fingerprint density at radius 2 is 1.79 bits per heavy atom. The van der Waals surface area contributed by atoms with E-state index in [0.717, 1.165) is 42.5 Å². The second kappa shape index (κ2) is 13.3. The van der Waals surface area contributed by atoms with Crippen LogP contribution < -0.4 is 15.5 Å². The van der Waals surface area contributed by atoms with Crippen LogP contribution in [0.15, 0.2) is 58.1 Å². The minimum atomic E-state index is -0.999. The number of ether oxygens (including phenoxy) is 2. The van der Waals surface area contributed by atoms with Crippen molar-refractivity contribution in [3.05, 3.63) is 80.1 Å². The van der Waals surface area contributed by atoms with Crippen LogP contribution >= 0.6 is 27.3 Å². The summed E-state index contributed by atoms with van der Waals surface area (Å²) < 4.78 is 11.3. The molecule has 3 aromatic rings. The number of carbonyl (C=O) groups excluding carboxylic acids is 4. The van der Waals surface area contributed by atoms with Gasteiger partial charge in [0.05, 0.1) is 23.9 Å². The number of rotatable bonds is 7. The Balaban J connectivity index is 1.39. The number of anilines is 1. The van der Waals surface area contributed by atoms with Gasteiger partial charge in [0, 0.05) is 9.35 Å². The van der Waals surface area contributed by atoms with E-state index in [4.69, 9.17) is 9.47 Å². The maximum Gasteiger partial charge on any atom is 0.344 e. The van der Waals surface area contributed by atoms with Crippen molar-refractivity contribution in [3.63, 3.8) is 0 Å². The van der Waals surface area contributed by atoms with Crippen molar-refractivity contribution in [2.75, 3.05) is 11.9 Å². The van der Waals surface area contributed by atoms with Crippen LogP contribution in [0.4, 0.5) is 5.00 Å². The molecule has 2 amide bonds. The molecule has 2 N–H and O–H groups in total. The third-order valence-corrected chi connectivity index (χ3v) is 7.78. The molecule has 0 saturated heterocycles. The van der Waals surface area contributed by atoms with Gasteiger partial charge >= 0.3 is 23.8 Å². The van der Waals surface area contributed by atoms with Gasteiger partial charge in [-0.25, -0.2) is 15.0 Å². The molecule has 0 spiro atoms. The predicted molar refractivity (Wildman–Crippen MR) is 151 cm³/mol. The molecule has 0 radical (unpaired) electrons. The molecule has 4 rings (SSSR count). The minimum Gasteiger partial charge on any atom is -0.462 e. The van der Waals surface area contributed by atoms with E-state index < -0.39 is 23.8 Å². The Bertz CT molecular complexity index is 1430. The summed E-state index contributed by atoms with van der Waals surface area (Å²) in [7, 11) is 0. The van der Waals surface area contributed by atoms with Crippen molar-refractivity contribution in [1.82, 2.24) is 5.43 Å². The second-order valence-electron chi connectivity index (χ2n) is 8.58. The number of aryl methyl sites for hydroxylation is 1. The first kappa shape index (κ1) is 28.2. The standard InChI is InChI=1S/C28H26BrN3O6S/c1-2-37-28(36)23-20-12-4-3-5-14-22(20)39-26(23)31-24(33)25(34)32-30-16-17-9-8-10-18(15-17)38-27(35)19-11-6-7-13-21(19)29/h6-11,13,15-16H,2-5,12,14H2,1H3,(H,31,33)(H,32,34)/b30-16+. The van der Waals surface area contributed by atoms with Gasteiger partial charge in [-0.15, -0.1) is 11.3 Å². The number of fused-ring (bicyclic) bond motifs is 1. The number of esters is 2. The number of nitrogens with one attached hydrogen (secondary N) is 2. The summed E-state index contributed by atoms with van der Waals surface area (Å²) in [5.74, 6) is -2.71. The van der Waals surface area contributed by atoms with Crippen molar-refractivity contribution in [1.29, 1.82) is 0 Å². The van der Waals surface area contributed by atoms with E-state index in [0.29, 0.717) is 26.2 Å². The van der Waals surface area contributed by atoms with Gasteiger partial charge in [-0.3, -0.25) is 9.59 Å². The molecule has 1 heterocycles. The molecule has 39 heavy (non-hydrogen) atoms. The third-order valence-electron chi connectivity index (χ3n) is 5.88. The van der Waals surface area contributed by atoms with Crippen LogP contribution in [0.1, 0.15) is 62.9 Å². The predicted octanol–water partition coefficient (Wildman–Crippen LogP) is 5.26. The molecule has 2 aromatic carbocycles. The third kappa shape index (κ3) is 7.18. The highest BCUT2D eigenvalue weighted by Gasteiger charge is 2.27. The average Bonchev–Trinajstić information content (AvgIpc) is 3.09. The van der Waals surface area contributed by atoms with Crippen LogP contribution in [0.25, 0.3) is 0 Å². The first-order valence-corrected chi connectivity index (χ1v) is 14.0. The van der Waals surface area contributed by atoms with Gasteiger partial charge in [-0.2, -0.15) is 5.10 Å². The molecule has 0 fully saturated rings. The first-order chi connectivity index (χ1) is 18.9. The van der Waals surface area contributed by atoms with Crippen LogP contribution in [0.2, 0.25) is 0 Å². The lowest BCUT2D eigenvalue weighted by molar-refractivity contribution is -0.136. The number of hydrogen-bond acceptors (Lipinski definition) is 8. The topological polar surface area (TPSA) is 123 Å². The molecule has 0 aliphatic heterocycles. The number of nitrogens with zero attached hydrogens (tertiary/aromatic N) is 1. The fraction of sp³-hybridized carbons (Fsp3) is 0.250. The van der Waals surface area contributed by atoms with Crippen LogP contribution in [0.3, 0.4) is 0 Å². The average molecular weight is 613 g/mol. The van der Waals surface area contributed by atoms with E-state index in [1.165, 1.54) is 17.6 Å². The van der Waals surface area contributed by atoms with E-state index in [9.17, 15) is 19.2 Å². The van der Waals surface area contributed by atoms with Crippen molar-refractivity contribution in [3.8, 4) is 5.75 Å². The van der Waals surface area contributed by atoms with Crippen molar-refractivity contribution in [2.45, 2.75) is 39.0 Å². The fourth-order valence-electron chi connectivity index (χ4n) is 4.07. The van der Waals surface area contributed by atoms with Gasteiger partial charge in [0.2, 0.25) is 0 Å². The Hall–Kier alpha value is -3.83. The number of hydrazone groups is 1. The largest absolute Gasteiger partial charge is 0.462 e. The Kier molecular flexibility index (Phi) is 9.61. The second-order valence-corrected chi connectivity index (χ2v) is 10.5. The quantitative estimate of drug-likeness (QED) is 0.0937. The number of carbonyl (C=O) groups is 4. The van der Waals surface area contributed by atoms with E-state index in [2.05, 4.69) is 31.8 Å². The molecule has 0 saturated carbocycles. The normalized spacial score (nSPS) is 12.8. The summed E-state index contributed by atoms with van der Waals surface area (Å²) >= 11 is 4.63. The molecule has 1 aliphatic rings. The van der Waals surface area contributed by atoms with Crippen LogP contribution in [0, 0.1) is 0 Å². The minimum absolute atomic E-state index is 0.205. The smallest absolute Gasteiger partial charge is 0.344 e. The maximum atomic E-state index is 12.7. The zero-order valence-electron chi connectivity index (χ0n) is 21.1. The van der Waals surface area contributed by atoms with Crippen molar-refractivity contribution >= 4 is 62.2 Å². The number of thiophene rings is 1. The van der Waals surface area contributed by atoms with Gasteiger partial charge < -0.3 is 14.8 Å². The lowest BCUT2D eigenvalue weighted by Gasteiger charge is -2.08. The SMILES string of the molecule is CCOC(=O)c1c(NC(=O)C(=O)N/N=C/c2cccc(OC(=O)c3ccccc3Br)c2)sc2c1CCCCC2.